The van der Waals surface area contributed by atoms with E-state index in [0.717, 1.165) is 43.6 Å². The van der Waals surface area contributed by atoms with Gasteiger partial charge in [0, 0.05) is 30.5 Å². The summed E-state index contributed by atoms with van der Waals surface area (Å²) < 4.78 is 0. The van der Waals surface area contributed by atoms with Crippen LogP contribution in [0.5, 0.6) is 0 Å². The molecule has 0 saturated carbocycles. The molecular formula is C22H27N3O2. The van der Waals surface area contributed by atoms with Crippen molar-refractivity contribution in [1.29, 1.82) is 0 Å². The molecule has 5 heteroatoms. The van der Waals surface area contributed by atoms with Crippen LogP contribution in [0.4, 0.5) is 5.69 Å². The molecule has 1 aliphatic rings. The third-order valence-corrected chi connectivity index (χ3v) is 4.87. The Morgan fingerprint density at radius 3 is 2.44 bits per heavy atom. The van der Waals surface area contributed by atoms with Crippen molar-refractivity contribution < 1.29 is 9.59 Å². The van der Waals surface area contributed by atoms with Crippen molar-refractivity contribution in [1.82, 2.24) is 9.88 Å². The van der Waals surface area contributed by atoms with Gasteiger partial charge in [-0.1, -0.05) is 39.0 Å². The molecule has 27 heavy (non-hydrogen) atoms. The lowest BCUT2D eigenvalue weighted by molar-refractivity contribution is 0.0718. The second-order valence-electron chi connectivity index (χ2n) is 8.03. The van der Waals surface area contributed by atoms with Crippen molar-refractivity contribution in [3.05, 3.63) is 59.4 Å². The van der Waals surface area contributed by atoms with Crippen LogP contribution in [0.1, 0.15) is 66.4 Å². The minimum absolute atomic E-state index is 0.0858. The van der Waals surface area contributed by atoms with Gasteiger partial charge in [-0.15, -0.1) is 0 Å². The Morgan fingerprint density at radius 1 is 1.04 bits per heavy atom. The number of nitrogens with zero attached hydrogens (tertiary/aromatic N) is 2. The molecule has 0 bridgehead atoms. The zero-order valence-electron chi connectivity index (χ0n) is 16.3. The maximum atomic E-state index is 12.8. The van der Waals surface area contributed by atoms with Gasteiger partial charge in [0.2, 0.25) is 0 Å². The first-order valence-corrected chi connectivity index (χ1v) is 9.52. The number of para-hydroxylation sites is 1. The molecule has 142 valence electrons. The van der Waals surface area contributed by atoms with Crippen LogP contribution in [0, 0.1) is 0 Å². The predicted octanol–water partition coefficient (Wildman–Crippen LogP) is 4.26. The van der Waals surface area contributed by atoms with Gasteiger partial charge >= 0.3 is 0 Å². The average Bonchev–Trinajstić information content (AvgIpc) is 2.68. The van der Waals surface area contributed by atoms with Crippen molar-refractivity contribution in [2.75, 3.05) is 18.4 Å². The quantitative estimate of drug-likeness (QED) is 0.884. The molecule has 0 unspecified atom stereocenters. The highest BCUT2D eigenvalue weighted by Gasteiger charge is 2.22. The van der Waals surface area contributed by atoms with E-state index in [2.05, 4.69) is 31.1 Å². The third-order valence-electron chi connectivity index (χ3n) is 4.87. The molecule has 5 nitrogen and oxygen atoms in total. The number of hydrogen-bond donors (Lipinski definition) is 1. The highest BCUT2D eigenvalue weighted by Crippen LogP contribution is 2.29. The van der Waals surface area contributed by atoms with E-state index in [1.54, 1.807) is 12.1 Å². The Kier molecular flexibility index (Phi) is 5.59. The maximum Gasteiger partial charge on any atom is 0.272 e. The number of carbonyl (C=O) groups excluding carboxylic acids is 2. The summed E-state index contributed by atoms with van der Waals surface area (Å²) in [7, 11) is 0. The fraction of sp³-hybridized carbons (Fsp3) is 0.409. The molecule has 1 aliphatic heterocycles. The Morgan fingerprint density at radius 2 is 1.74 bits per heavy atom. The van der Waals surface area contributed by atoms with Gasteiger partial charge in [-0.25, -0.2) is 0 Å². The number of benzene rings is 1. The van der Waals surface area contributed by atoms with Gasteiger partial charge < -0.3 is 10.2 Å². The summed E-state index contributed by atoms with van der Waals surface area (Å²) in [5.41, 5.74) is 2.53. The van der Waals surface area contributed by atoms with Gasteiger partial charge in [-0.05, 0) is 48.4 Å². The molecule has 2 aromatic rings. The van der Waals surface area contributed by atoms with Crippen LogP contribution < -0.4 is 5.32 Å². The Hall–Kier alpha value is -2.69. The van der Waals surface area contributed by atoms with Crippen molar-refractivity contribution in [3.63, 3.8) is 0 Å². The zero-order valence-corrected chi connectivity index (χ0v) is 16.3. The van der Waals surface area contributed by atoms with Crippen molar-refractivity contribution >= 4 is 17.5 Å². The molecule has 0 atom stereocenters. The number of anilines is 1. The monoisotopic (exact) mass is 365 g/mol. The number of nitrogens with one attached hydrogen (secondary N) is 1. The molecule has 3 rings (SSSR count). The number of pyridine rings is 1. The molecule has 1 aromatic heterocycles. The molecular weight excluding hydrogens is 338 g/mol. The number of piperidine rings is 1. The standard InChI is InChI=1S/C22H27N3O2/c1-22(2,3)17-9-5-6-10-18(17)24-20(26)16-11-12-23-19(15-16)21(27)25-13-7-4-8-14-25/h5-6,9-12,15H,4,7-8,13-14H2,1-3H3,(H,24,26). The Bertz CT molecular complexity index is 833. The molecule has 2 heterocycles. The van der Waals surface area contributed by atoms with Gasteiger partial charge in [0.1, 0.15) is 5.69 Å². The van der Waals surface area contributed by atoms with E-state index >= 15 is 0 Å². The number of hydrogen-bond acceptors (Lipinski definition) is 3. The lowest BCUT2D eigenvalue weighted by Crippen LogP contribution is -2.36. The summed E-state index contributed by atoms with van der Waals surface area (Å²) in [5.74, 6) is -0.332. The van der Waals surface area contributed by atoms with E-state index < -0.39 is 0 Å². The summed E-state index contributed by atoms with van der Waals surface area (Å²) in [6, 6.07) is 11.0. The summed E-state index contributed by atoms with van der Waals surface area (Å²) in [5, 5.41) is 2.99. The predicted molar refractivity (Wildman–Crippen MR) is 107 cm³/mol. The fourth-order valence-electron chi connectivity index (χ4n) is 3.39. The van der Waals surface area contributed by atoms with Crippen LogP contribution in [-0.2, 0) is 5.41 Å². The molecule has 1 N–H and O–H groups in total. The Labute approximate surface area is 160 Å². The van der Waals surface area contributed by atoms with E-state index in [1.807, 2.05) is 29.2 Å². The SMILES string of the molecule is CC(C)(C)c1ccccc1NC(=O)c1ccnc(C(=O)N2CCCCC2)c1. The topological polar surface area (TPSA) is 62.3 Å². The molecule has 0 spiro atoms. The normalized spacial score (nSPS) is 14.7. The molecule has 1 aromatic carbocycles. The van der Waals surface area contributed by atoms with Crippen LogP contribution >= 0.6 is 0 Å². The van der Waals surface area contributed by atoms with Crippen LogP contribution in [0.2, 0.25) is 0 Å². The van der Waals surface area contributed by atoms with Crippen molar-refractivity contribution in [3.8, 4) is 0 Å². The third kappa shape index (κ3) is 4.54. The highest BCUT2D eigenvalue weighted by molar-refractivity contribution is 6.06. The van der Waals surface area contributed by atoms with E-state index in [-0.39, 0.29) is 17.2 Å². The number of amides is 2. The van der Waals surface area contributed by atoms with Gasteiger partial charge in [-0.2, -0.15) is 0 Å². The van der Waals surface area contributed by atoms with E-state index in [9.17, 15) is 9.59 Å². The number of carbonyl (C=O) groups is 2. The smallest absolute Gasteiger partial charge is 0.272 e. The highest BCUT2D eigenvalue weighted by atomic mass is 16.2. The lowest BCUT2D eigenvalue weighted by atomic mass is 9.86. The summed E-state index contributed by atoms with van der Waals surface area (Å²) >= 11 is 0. The van der Waals surface area contributed by atoms with Crippen molar-refractivity contribution in [2.24, 2.45) is 0 Å². The molecule has 1 fully saturated rings. The Balaban J connectivity index is 1.79. The van der Waals surface area contributed by atoms with E-state index in [1.165, 1.54) is 6.20 Å². The van der Waals surface area contributed by atoms with Gasteiger partial charge in [-0.3, -0.25) is 14.6 Å². The van der Waals surface area contributed by atoms with Crippen molar-refractivity contribution in [2.45, 2.75) is 45.4 Å². The first-order valence-electron chi connectivity index (χ1n) is 9.52. The maximum absolute atomic E-state index is 12.8. The van der Waals surface area contributed by atoms with Crippen LogP contribution in [-0.4, -0.2) is 34.8 Å². The fourth-order valence-corrected chi connectivity index (χ4v) is 3.39. The zero-order chi connectivity index (χ0) is 19.4. The second kappa shape index (κ2) is 7.91. The second-order valence-corrected chi connectivity index (χ2v) is 8.03. The number of likely N-dealkylation sites (tertiary alicyclic amines) is 1. The van der Waals surface area contributed by atoms with E-state index in [4.69, 9.17) is 0 Å². The minimum atomic E-state index is -0.234. The number of aromatic nitrogens is 1. The molecule has 0 aliphatic carbocycles. The molecule has 0 radical (unpaired) electrons. The summed E-state index contributed by atoms with van der Waals surface area (Å²) in [4.78, 5) is 31.4. The first kappa shape index (κ1) is 19.1. The average molecular weight is 365 g/mol. The first-order chi connectivity index (χ1) is 12.9. The lowest BCUT2D eigenvalue weighted by Gasteiger charge is -2.26. The summed E-state index contributed by atoms with van der Waals surface area (Å²) in [6.07, 6.45) is 4.74. The van der Waals surface area contributed by atoms with Crippen LogP contribution in [0.15, 0.2) is 42.6 Å². The molecule has 2 amide bonds. The summed E-state index contributed by atoms with van der Waals surface area (Å²) in [6.45, 7) is 7.85. The largest absolute Gasteiger partial charge is 0.337 e. The molecule has 1 saturated heterocycles. The minimum Gasteiger partial charge on any atom is -0.337 e. The van der Waals surface area contributed by atoms with Gasteiger partial charge in [0.05, 0.1) is 0 Å². The van der Waals surface area contributed by atoms with E-state index in [0.29, 0.717) is 11.3 Å². The van der Waals surface area contributed by atoms with Gasteiger partial charge in [0.15, 0.2) is 0 Å². The van der Waals surface area contributed by atoms with Gasteiger partial charge in [0.25, 0.3) is 11.8 Å². The van der Waals surface area contributed by atoms with Crippen LogP contribution in [0.3, 0.4) is 0 Å². The number of rotatable bonds is 3. The van der Waals surface area contributed by atoms with Crippen LogP contribution in [0.25, 0.3) is 0 Å².